The Morgan fingerprint density at radius 3 is 2.61 bits per heavy atom. The third kappa shape index (κ3) is 5.96. The molecule has 5 heteroatoms. The van der Waals surface area contributed by atoms with Gasteiger partial charge in [0.15, 0.2) is 5.96 Å². The number of nitrogens with one attached hydrogen (secondary N) is 1. The van der Waals surface area contributed by atoms with E-state index in [-0.39, 0.29) is 0 Å². The minimum absolute atomic E-state index is 0.567. The third-order valence-corrected chi connectivity index (χ3v) is 4.97. The molecule has 0 amide bonds. The van der Waals surface area contributed by atoms with Crippen LogP contribution in [0, 0.1) is 11.8 Å². The summed E-state index contributed by atoms with van der Waals surface area (Å²) in [5, 5.41) is 3.66. The minimum atomic E-state index is 0.567. The fourth-order valence-corrected chi connectivity index (χ4v) is 3.77. The highest BCUT2D eigenvalue weighted by Gasteiger charge is 2.24. The number of nitrogens with zero attached hydrogens (tertiary/aromatic N) is 3. The molecule has 0 aromatic rings. The van der Waals surface area contributed by atoms with Crippen LogP contribution >= 0.6 is 0 Å². The van der Waals surface area contributed by atoms with Crippen LogP contribution in [0.3, 0.4) is 0 Å². The summed E-state index contributed by atoms with van der Waals surface area (Å²) in [6.45, 7) is 14.1. The van der Waals surface area contributed by atoms with E-state index < -0.39 is 0 Å². The van der Waals surface area contributed by atoms with E-state index in [4.69, 9.17) is 4.74 Å². The highest BCUT2D eigenvalue weighted by molar-refractivity contribution is 5.80. The van der Waals surface area contributed by atoms with Gasteiger partial charge >= 0.3 is 0 Å². The first kappa shape index (κ1) is 18.5. The lowest BCUT2D eigenvalue weighted by molar-refractivity contribution is 0.0131. The quantitative estimate of drug-likeness (QED) is 0.621. The fourth-order valence-electron chi connectivity index (χ4n) is 3.77. The first-order chi connectivity index (χ1) is 11.1. The van der Waals surface area contributed by atoms with Gasteiger partial charge in [-0.2, -0.15) is 0 Å². The van der Waals surface area contributed by atoms with Crippen LogP contribution in [0.1, 0.15) is 40.0 Å². The number of piperidine rings is 1. The molecule has 2 unspecified atom stereocenters. The van der Waals surface area contributed by atoms with E-state index in [0.29, 0.717) is 12.0 Å². The summed E-state index contributed by atoms with van der Waals surface area (Å²) in [6, 6.07) is 0.567. The molecule has 23 heavy (non-hydrogen) atoms. The predicted molar refractivity (Wildman–Crippen MR) is 97.0 cm³/mol. The first-order valence-electron chi connectivity index (χ1n) is 9.37. The summed E-state index contributed by atoms with van der Waals surface area (Å²) >= 11 is 0. The summed E-state index contributed by atoms with van der Waals surface area (Å²) in [7, 11) is 1.91. The second-order valence-corrected chi connectivity index (χ2v) is 7.55. The molecule has 0 spiro atoms. The molecular weight excluding hydrogens is 288 g/mol. The van der Waals surface area contributed by atoms with Gasteiger partial charge in [-0.15, -0.1) is 0 Å². The average Bonchev–Trinajstić information content (AvgIpc) is 2.55. The molecule has 0 aromatic heterocycles. The average molecular weight is 325 g/mol. The number of aliphatic imine (C=N–C) groups is 1. The van der Waals surface area contributed by atoms with Gasteiger partial charge < -0.3 is 15.0 Å². The van der Waals surface area contributed by atoms with Crippen LogP contribution in [0.25, 0.3) is 0 Å². The van der Waals surface area contributed by atoms with Crippen molar-refractivity contribution in [3.8, 4) is 0 Å². The van der Waals surface area contributed by atoms with Crippen LogP contribution in [0.2, 0.25) is 0 Å². The van der Waals surface area contributed by atoms with Gasteiger partial charge in [0.25, 0.3) is 0 Å². The Morgan fingerprint density at radius 1 is 1.26 bits per heavy atom. The van der Waals surface area contributed by atoms with Crippen LogP contribution in [0.5, 0.6) is 0 Å². The first-order valence-corrected chi connectivity index (χ1v) is 9.37. The number of likely N-dealkylation sites (tertiary alicyclic amines) is 1. The minimum Gasteiger partial charge on any atom is -0.379 e. The van der Waals surface area contributed by atoms with Gasteiger partial charge in [0.2, 0.25) is 0 Å². The molecule has 0 aliphatic carbocycles. The maximum atomic E-state index is 5.51. The lowest BCUT2D eigenvalue weighted by Gasteiger charge is -2.38. The van der Waals surface area contributed by atoms with Gasteiger partial charge in [-0.05, 0) is 31.1 Å². The van der Waals surface area contributed by atoms with Crippen LogP contribution in [0.15, 0.2) is 4.99 Å². The van der Waals surface area contributed by atoms with Crippen molar-refractivity contribution in [2.45, 2.75) is 46.1 Å². The van der Waals surface area contributed by atoms with Crippen LogP contribution in [-0.4, -0.2) is 74.8 Å². The molecule has 0 saturated carbocycles. The van der Waals surface area contributed by atoms with Crippen molar-refractivity contribution >= 4 is 5.96 Å². The van der Waals surface area contributed by atoms with E-state index in [1.165, 1.54) is 19.3 Å². The number of rotatable bonds is 5. The maximum absolute atomic E-state index is 5.51. The summed E-state index contributed by atoms with van der Waals surface area (Å²) < 4.78 is 5.51. The molecule has 0 radical (unpaired) electrons. The Bertz CT molecular complexity index is 366. The highest BCUT2D eigenvalue weighted by atomic mass is 16.5. The van der Waals surface area contributed by atoms with Crippen molar-refractivity contribution in [3.63, 3.8) is 0 Å². The molecule has 2 aliphatic rings. The lowest BCUT2D eigenvalue weighted by Crippen LogP contribution is -2.52. The second kappa shape index (κ2) is 9.48. The van der Waals surface area contributed by atoms with E-state index in [0.717, 1.165) is 57.8 Å². The van der Waals surface area contributed by atoms with Gasteiger partial charge in [-0.3, -0.25) is 9.89 Å². The zero-order valence-electron chi connectivity index (χ0n) is 15.6. The van der Waals surface area contributed by atoms with Crippen molar-refractivity contribution in [1.29, 1.82) is 0 Å². The summed E-state index contributed by atoms with van der Waals surface area (Å²) in [5.74, 6) is 2.56. The largest absolute Gasteiger partial charge is 0.379 e. The van der Waals surface area contributed by atoms with Crippen molar-refractivity contribution < 1.29 is 4.74 Å². The molecule has 0 bridgehead atoms. The van der Waals surface area contributed by atoms with Crippen LogP contribution < -0.4 is 5.32 Å². The summed E-state index contributed by atoms with van der Waals surface area (Å²) in [5.41, 5.74) is 0. The van der Waals surface area contributed by atoms with Gasteiger partial charge in [-0.25, -0.2) is 0 Å². The van der Waals surface area contributed by atoms with Crippen molar-refractivity contribution in [2.75, 3.05) is 53.0 Å². The van der Waals surface area contributed by atoms with Crippen molar-refractivity contribution in [1.82, 2.24) is 15.1 Å². The molecule has 134 valence electrons. The molecule has 2 aliphatic heterocycles. The Morgan fingerprint density at radius 2 is 2.00 bits per heavy atom. The molecule has 2 rings (SSSR count). The number of ether oxygens (including phenoxy) is 1. The number of hydrogen-bond donors (Lipinski definition) is 1. The SMILES string of the molecule is CN=C(NCC(CC(C)C)N1CCOCC1)N1CCCC(C)C1. The molecule has 1 N–H and O–H groups in total. The number of hydrogen-bond acceptors (Lipinski definition) is 3. The van der Waals surface area contributed by atoms with Crippen LogP contribution in [0.4, 0.5) is 0 Å². The summed E-state index contributed by atoms with van der Waals surface area (Å²) in [6.07, 6.45) is 3.85. The molecule has 2 saturated heterocycles. The highest BCUT2D eigenvalue weighted by Crippen LogP contribution is 2.16. The molecular formula is C18H36N4O. The maximum Gasteiger partial charge on any atom is 0.193 e. The summed E-state index contributed by atoms with van der Waals surface area (Å²) in [4.78, 5) is 9.55. The fraction of sp³-hybridized carbons (Fsp3) is 0.944. The van der Waals surface area contributed by atoms with E-state index in [1.807, 2.05) is 7.05 Å². The zero-order chi connectivity index (χ0) is 16.7. The predicted octanol–water partition coefficient (Wildman–Crippen LogP) is 2.04. The molecule has 0 aromatic carbocycles. The van der Waals surface area contributed by atoms with E-state index in [9.17, 15) is 0 Å². The smallest absolute Gasteiger partial charge is 0.193 e. The Balaban J connectivity index is 1.89. The Kier molecular flexibility index (Phi) is 7.63. The topological polar surface area (TPSA) is 40.1 Å². The van der Waals surface area contributed by atoms with Crippen molar-refractivity contribution in [3.05, 3.63) is 0 Å². The molecule has 2 fully saturated rings. The van der Waals surface area contributed by atoms with E-state index in [2.05, 4.69) is 40.9 Å². The van der Waals surface area contributed by atoms with E-state index >= 15 is 0 Å². The number of morpholine rings is 1. The Hall–Kier alpha value is -0.810. The third-order valence-electron chi connectivity index (χ3n) is 4.97. The number of guanidine groups is 1. The lowest BCUT2D eigenvalue weighted by atomic mass is 10.0. The van der Waals surface area contributed by atoms with Gasteiger partial charge in [0.1, 0.15) is 0 Å². The standard InChI is InChI=1S/C18H36N4O/c1-15(2)12-17(21-8-10-23-11-9-21)13-20-18(19-4)22-7-5-6-16(3)14-22/h15-17H,5-14H2,1-4H3,(H,19,20). The monoisotopic (exact) mass is 324 g/mol. The molecule has 5 nitrogen and oxygen atoms in total. The van der Waals surface area contributed by atoms with Crippen molar-refractivity contribution in [2.24, 2.45) is 16.8 Å². The zero-order valence-corrected chi connectivity index (χ0v) is 15.6. The van der Waals surface area contributed by atoms with Gasteiger partial charge in [0.05, 0.1) is 13.2 Å². The van der Waals surface area contributed by atoms with Crippen LogP contribution in [-0.2, 0) is 4.74 Å². The second-order valence-electron chi connectivity index (χ2n) is 7.55. The van der Waals surface area contributed by atoms with E-state index in [1.54, 1.807) is 0 Å². The van der Waals surface area contributed by atoms with Gasteiger partial charge in [-0.1, -0.05) is 20.8 Å². The Labute approximate surface area is 142 Å². The normalized spacial score (nSPS) is 25.7. The molecule has 2 heterocycles. The van der Waals surface area contributed by atoms with Gasteiger partial charge in [0, 0.05) is 45.8 Å². The molecule has 2 atom stereocenters.